The van der Waals surface area contributed by atoms with Crippen LogP contribution in [-0.2, 0) is 16.1 Å². The first-order chi connectivity index (χ1) is 14.6. The third kappa shape index (κ3) is 5.83. The summed E-state index contributed by atoms with van der Waals surface area (Å²) in [6.07, 6.45) is -5.08. The normalized spacial score (nSPS) is 23.2. The Morgan fingerprint density at radius 3 is 2.77 bits per heavy atom. The van der Waals surface area contributed by atoms with Crippen LogP contribution in [0.1, 0.15) is 21.8 Å². The van der Waals surface area contributed by atoms with Gasteiger partial charge in [-0.2, -0.15) is 24.5 Å². The van der Waals surface area contributed by atoms with Crippen molar-refractivity contribution in [2.24, 2.45) is 11.3 Å². The van der Waals surface area contributed by atoms with E-state index in [1.807, 2.05) is 29.8 Å². The van der Waals surface area contributed by atoms with E-state index in [0.29, 0.717) is 19.1 Å². The molecule has 0 aromatic carbocycles. The number of carbonyl (C=O) groups is 2. The maximum absolute atomic E-state index is 12.2. The van der Waals surface area contributed by atoms with Gasteiger partial charge in [-0.15, -0.1) is 0 Å². The Hall–Kier alpha value is -2.44. The van der Waals surface area contributed by atoms with Crippen LogP contribution < -0.4 is 5.32 Å². The van der Waals surface area contributed by atoms with E-state index in [-0.39, 0.29) is 11.3 Å². The minimum Gasteiger partial charge on any atom is -0.475 e. The summed E-state index contributed by atoms with van der Waals surface area (Å²) in [5.74, 6) is -1.46. The van der Waals surface area contributed by atoms with Gasteiger partial charge in [0.1, 0.15) is 5.76 Å². The van der Waals surface area contributed by atoms with Crippen LogP contribution in [0.2, 0.25) is 0 Å². The van der Waals surface area contributed by atoms with E-state index in [4.69, 9.17) is 19.2 Å². The fourth-order valence-electron chi connectivity index (χ4n) is 3.79. The molecule has 2 aromatic rings. The first-order valence-corrected chi connectivity index (χ1v) is 10.4. The minimum absolute atomic E-state index is 0.00171. The second-order valence-corrected chi connectivity index (χ2v) is 8.45. The zero-order valence-electron chi connectivity index (χ0n) is 16.6. The van der Waals surface area contributed by atoms with Gasteiger partial charge >= 0.3 is 12.1 Å². The van der Waals surface area contributed by atoms with Crippen molar-refractivity contribution in [1.29, 1.82) is 0 Å². The molecule has 2 aliphatic heterocycles. The van der Waals surface area contributed by atoms with E-state index in [0.717, 1.165) is 43.3 Å². The van der Waals surface area contributed by atoms with E-state index >= 15 is 0 Å². The lowest BCUT2D eigenvalue weighted by atomic mass is 9.81. The lowest BCUT2D eigenvalue weighted by Crippen LogP contribution is -2.43. The Bertz CT molecular complexity index is 902. The van der Waals surface area contributed by atoms with Gasteiger partial charge in [-0.05, 0) is 18.4 Å². The maximum atomic E-state index is 12.2. The summed E-state index contributed by atoms with van der Waals surface area (Å²) < 4.78 is 42.6. The molecule has 170 valence electrons. The number of carboxylic acids is 1. The van der Waals surface area contributed by atoms with Crippen LogP contribution in [0, 0.1) is 18.3 Å². The fourth-order valence-corrected chi connectivity index (χ4v) is 4.42. The molecule has 0 aliphatic carbocycles. The molecule has 4 rings (SSSR count). The van der Waals surface area contributed by atoms with Gasteiger partial charge < -0.3 is 19.7 Å². The van der Waals surface area contributed by atoms with Gasteiger partial charge in [-0.1, -0.05) is 5.16 Å². The number of fused-ring (bicyclic) bond motifs is 1. The van der Waals surface area contributed by atoms with Gasteiger partial charge in [0.2, 0.25) is 0 Å². The second kappa shape index (κ2) is 9.37. The maximum Gasteiger partial charge on any atom is 0.490 e. The van der Waals surface area contributed by atoms with E-state index in [1.54, 1.807) is 0 Å². The van der Waals surface area contributed by atoms with Crippen molar-refractivity contribution >= 4 is 23.2 Å². The Balaban J connectivity index is 0.000000339. The number of amides is 1. The second-order valence-electron chi connectivity index (χ2n) is 7.67. The highest BCUT2D eigenvalue weighted by molar-refractivity contribution is 7.08. The van der Waals surface area contributed by atoms with Crippen molar-refractivity contribution in [2.45, 2.75) is 19.6 Å². The standard InChI is InChI=1S/C17H21N3O3S.C2HF3O2/c1-12-4-15(19-23-12)6-20-5-14-7-22-11-17(14,10-20)9-18-16(21)13-2-3-24-8-13;3-2(4,5)1(6)7/h2-4,8,14H,5-7,9-11H2,1H3,(H,18,21);(H,6,7)/t14-,17+;/m1./s1. The summed E-state index contributed by atoms with van der Waals surface area (Å²) in [5.41, 5.74) is 1.70. The first kappa shape index (κ1) is 23.2. The molecule has 2 saturated heterocycles. The largest absolute Gasteiger partial charge is 0.490 e. The van der Waals surface area contributed by atoms with Gasteiger partial charge in [-0.3, -0.25) is 9.69 Å². The van der Waals surface area contributed by atoms with Crippen LogP contribution in [-0.4, -0.2) is 66.1 Å². The Labute approximate surface area is 180 Å². The molecule has 0 saturated carbocycles. The number of nitrogens with zero attached hydrogens (tertiary/aromatic N) is 2. The van der Waals surface area contributed by atoms with Crippen LogP contribution in [0.25, 0.3) is 0 Å². The molecule has 2 aliphatic rings. The number of rotatable bonds is 5. The molecule has 31 heavy (non-hydrogen) atoms. The van der Waals surface area contributed by atoms with Crippen molar-refractivity contribution in [3.05, 3.63) is 39.9 Å². The molecule has 0 spiro atoms. The fraction of sp³-hybridized carbons (Fsp3) is 0.526. The zero-order valence-corrected chi connectivity index (χ0v) is 17.5. The Kier molecular flexibility index (Phi) is 7.02. The summed E-state index contributed by atoms with van der Waals surface area (Å²) in [6.45, 7) is 6.70. The molecule has 2 atom stereocenters. The van der Waals surface area contributed by atoms with Gasteiger partial charge in [0.15, 0.2) is 0 Å². The number of likely N-dealkylation sites (tertiary alicyclic amines) is 1. The number of halogens is 3. The van der Waals surface area contributed by atoms with Crippen LogP contribution in [0.3, 0.4) is 0 Å². The molecular weight excluding hydrogens is 439 g/mol. The first-order valence-electron chi connectivity index (χ1n) is 9.42. The molecular formula is C19H22F3N3O5S. The van der Waals surface area contributed by atoms with Gasteiger partial charge in [0.05, 0.1) is 18.9 Å². The van der Waals surface area contributed by atoms with Gasteiger partial charge in [0.25, 0.3) is 5.91 Å². The topological polar surface area (TPSA) is 105 Å². The van der Waals surface area contributed by atoms with Crippen molar-refractivity contribution in [2.75, 3.05) is 32.8 Å². The van der Waals surface area contributed by atoms with Gasteiger partial charge in [0, 0.05) is 54.5 Å². The number of nitrogens with one attached hydrogen (secondary N) is 1. The van der Waals surface area contributed by atoms with Gasteiger partial charge in [-0.25, -0.2) is 4.79 Å². The third-order valence-electron chi connectivity index (χ3n) is 5.28. The average molecular weight is 461 g/mol. The van der Waals surface area contributed by atoms with E-state index in [9.17, 15) is 18.0 Å². The van der Waals surface area contributed by atoms with Crippen molar-refractivity contribution in [3.8, 4) is 0 Å². The van der Waals surface area contributed by atoms with Crippen LogP contribution >= 0.6 is 11.3 Å². The smallest absolute Gasteiger partial charge is 0.475 e. The average Bonchev–Trinajstić information content (AvgIpc) is 3.44. The number of thiophene rings is 1. The summed E-state index contributed by atoms with van der Waals surface area (Å²) in [7, 11) is 0. The number of ether oxygens (including phenoxy) is 1. The predicted octanol–water partition coefficient (Wildman–Crippen LogP) is 2.56. The molecule has 0 unspecified atom stereocenters. The third-order valence-corrected chi connectivity index (χ3v) is 5.96. The van der Waals surface area contributed by atoms with Crippen molar-refractivity contribution in [3.63, 3.8) is 0 Å². The molecule has 12 heteroatoms. The summed E-state index contributed by atoms with van der Waals surface area (Å²) in [6, 6.07) is 3.84. The number of hydrogen-bond donors (Lipinski definition) is 2. The van der Waals surface area contributed by atoms with E-state index in [1.165, 1.54) is 11.3 Å². The van der Waals surface area contributed by atoms with Crippen LogP contribution in [0.5, 0.6) is 0 Å². The highest BCUT2D eigenvalue weighted by Crippen LogP contribution is 2.41. The quantitative estimate of drug-likeness (QED) is 0.705. The van der Waals surface area contributed by atoms with Crippen molar-refractivity contribution < 1.29 is 37.1 Å². The number of carbonyl (C=O) groups excluding carboxylic acids is 1. The van der Waals surface area contributed by atoms with Crippen LogP contribution in [0.4, 0.5) is 13.2 Å². The molecule has 2 aromatic heterocycles. The number of aromatic nitrogens is 1. The molecule has 0 bridgehead atoms. The van der Waals surface area contributed by atoms with Crippen LogP contribution in [0.15, 0.2) is 27.4 Å². The number of alkyl halides is 3. The Morgan fingerprint density at radius 1 is 1.45 bits per heavy atom. The molecule has 0 radical (unpaired) electrons. The monoisotopic (exact) mass is 461 g/mol. The number of carboxylic acid groups (broad SMARTS) is 1. The molecule has 2 fully saturated rings. The predicted molar refractivity (Wildman–Crippen MR) is 104 cm³/mol. The summed E-state index contributed by atoms with van der Waals surface area (Å²) in [4.78, 5) is 23.5. The molecule has 2 N–H and O–H groups in total. The molecule has 8 nitrogen and oxygen atoms in total. The molecule has 1 amide bonds. The highest BCUT2D eigenvalue weighted by atomic mass is 32.1. The lowest BCUT2D eigenvalue weighted by molar-refractivity contribution is -0.192. The highest BCUT2D eigenvalue weighted by Gasteiger charge is 2.50. The number of hydrogen-bond acceptors (Lipinski definition) is 7. The zero-order chi connectivity index (χ0) is 22.6. The summed E-state index contributed by atoms with van der Waals surface area (Å²) in [5, 5.41) is 18.1. The van der Waals surface area contributed by atoms with Crippen molar-refractivity contribution in [1.82, 2.24) is 15.4 Å². The SMILES string of the molecule is Cc1cc(CN2C[C@@H]3COC[C@]3(CNC(=O)c3ccsc3)C2)no1.O=C(O)C(F)(F)F. The Morgan fingerprint density at radius 2 is 2.19 bits per heavy atom. The number of aryl methyl sites for hydroxylation is 1. The lowest BCUT2D eigenvalue weighted by Gasteiger charge is -2.27. The van der Waals surface area contributed by atoms with E-state index < -0.39 is 12.1 Å². The molecule has 4 heterocycles. The number of aliphatic carboxylic acids is 1. The van der Waals surface area contributed by atoms with E-state index in [2.05, 4.69) is 15.4 Å². The minimum atomic E-state index is -5.08. The summed E-state index contributed by atoms with van der Waals surface area (Å²) >= 11 is 1.54.